The van der Waals surface area contributed by atoms with Crippen molar-refractivity contribution in [2.24, 2.45) is 0 Å². The van der Waals surface area contributed by atoms with Crippen LogP contribution >= 0.6 is 11.6 Å². The molecule has 20 heavy (non-hydrogen) atoms. The lowest BCUT2D eigenvalue weighted by Gasteiger charge is -2.34. The van der Waals surface area contributed by atoms with Gasteiger partial charge in [0.1, 0.15) is 0 Å². The second-order valence-electron chi connectivity index (χ2n) is 5.48. The molecule has 1 amide bonds. The molecule has 0 aromatic heterocycles. The Morgan fingerprint density at radius 1 is 1.45 bits per heavy atom. The van der Waals surface area contributed by atoms with Crippen LogP contribution in [0.4, 0.5) is 5.69 Å². The highest BCUT2D eigenvalue weighted by Crippen LogP contribution is 2.34. The van der Waals surface area contributed by atoms with Gasteiger partial charge < -0.3 is 10.2 Å². The Balaban J connectivity index is 1.95. The zero-order valence-corrected chi connectivity index (χ0v) is 12.4. The van der Waals surface area contributed by atoms with E-state index in [9.17, 15) is 4.79 Å². The van der Waals surface area contributed by atoms with E-state index in [1.807, 2.05) is 18.3 Å². The van der Waals surface area contributed by atoms with Crippen LogP contribution in [0.2, 0.25) is 5.02 Å². The number of nitrogens with zero attached hydrogens (tertiary/aromatic N) is 1. The molecule has 106 valence electrons. The van der Waals surface area contributed by atoms with Gasteiger partial charge in [-0.15, -0.1) is 0 Å². The highest BCUT2D eigenvalue weighted by Gasteiger charge is 2.27. The van der Waals surface area contributed by atoms with Crippen LogP contribution in [0.5, 0.6) is 0 Å². The zero-order valence-electron chi connectivity index (χ0n) is 11.7. The number of likely N-dealkylation sites (tertiary alicyclic amines) is 1. The van der Waals surface area contributed by atoms with Crippen LogP contribution in [0.1, 0.15) is 38.2 Å². The van der Waals surface area contributed by atoms with Gasteiger partial charge in [0.2, 0.25) is 0 Å². The van der Waals surface area contributed by atoms with Gasteiger partial charge in [-0.3, -0.25) is 4.79 Å². The zero-order chi connectivity index (χ0) is 14.1. The molecule has 0 bridgehead atoms. The molecule has 3 rings (SSSR count). The molecule has 1 unspecified atom stereocenters. The molecule has 1 N–H and O–H groups in total. The van der Waals surface area contributed by atoms with Crippen LogP contribution in [-0.2, 0) is 4.79 Å². The minimum Gasteiger partial charge on any atom is -0.374 e. The largest absolute Gasteiger partial charge is 0.374 e. The number of halogens is 1. The molecular formula is C16H19ClN2O. The fourth-order valence-corrected chi connectivity index (χ4v) is 3.26. The summed E-state index contributed by atoms with van der Waals surface area (Å²) >= 11 is 6.06. The highest BCUT2D eigenvalue weighted by atomic mass is 35.5. The number of amides is 1. The van der Waals surface area contributed by atoms with E-state index < -0.39 is 0 Å². The lowest BCUT2D eigenvalue weighted by Crippen LogP contribution is -2.35. The van der Waals surface area contributed by atoms with E-state index in [2.05, 4.69) is 17.1 Å². The summed E-state index contributed by atoms with van der Waals surface area (Å²) in [5.41, 5.74) is 2.52. The van der Waals surface area contributed by atoms with Gasteiger partial charge in [0, 0.05) is 35.1 Å². The molecule has 1 aromatic rings. The van der Waals surface area contributed by atoms with Gasteiger partial charge in [-0.2, -0.15) is 0 Å². The Morgan fingerprint density at radius 2 is 2.30 bits per heavy atom. The summed E-state index contributed by atoms with van der Waals surface area (Å²) in [6.07, 6.45) is 6.85. The molecule has 0 spiro atoms. The van der Waals surface area contributed by atoms with Crippen LogP contribution in [0, 0.1) is 0 Å². The normalized spacial score (nSPS) is 23.9. The summed E-state index contributed by atoms with van der Waals surface area (Å²) in [7, 11) is 0. The molecule has 2 aliphatic heterocycles. The van der Waals surface area contributed by atoms with Gasteiger partial charge in [0.25, 0.3) is 5.91 Å². The summed E-state index contributed by atoms with van der Waals surface area (Å²) in [5.74, 6) is -0.0253. The first-order chi connectivity index (χ1) is 9.69. The van der Waals surface area contributed by atoms with E-state index >= 15 is 0 Å². The minimum absolute atomic E-state index is 0.0253. The van der Waals surface area contributed by atoms with Crippen LogP contribution in [0.25, 0.3) is 5.57 Å². The Bertz CT molecular complexity index is 568. The third-order valence-electron chi connectivity index (χ3n) is 4.20. The first-order valence-electron chi connectivity index (χ1n) is 7.28. The monoisotopic (exact) mass is 290 g/mol. The molecule has 0 radical (unpaired) electrons. The summed E-state index contributed by atoms with van der Waals surface area (Å²) in [6, 6.07) is 6.08. The Morgan fingerprint density at radius 3 is 3.10 bits per heavy atom. The maximum absolute atomic E-state index is 12.2. The first-order valence-corrected chi connectivity index (χ1v) is 7.65. The number of piperidine rings is 1. The number of nitrogens with one attached hydrogen (secondary N) is 1. The minimum atomic E-state index is -0.0253. The average Bonchev–Trinajstić information content (AvgIpc) is 2.76. The van der Waals surface area contributed by atoms with Crippen LogP contribution in [-0.4, -0.2) is 23.4 Å². The summed E-state index contributed by atoms with van der Waals surface area (Å²) in [4.78, 5) is 14.5. The fourth-order valence-electron chi connectivity index (χ4n) is 3.09. The van der Waals surface area contributed by atoms with Crippen LogP contribution < -0.4 is 5.32 Å². The van der Waals surface area contributed by atoms with E-state index in [1.54, 1.807) is 6.07 Å². The predicted molar refractivity (Wildman–Crippen MR) is 82.7 cm³/mol. The number of carbonyl (C=O) groups excluding carboxylic acids is 1. The smallest absolute Gasteiger partial charge is 0.257 e. The molecule has 2 aliphatic rings. The second-order valence-corrected chi connectivity index (χ2v) is 5.92. The quantitative estimate of drug-likeness (QED) is 0.838. The Labute approximate surface area is 124 Å². The third kappa shape index (κ3) is 2.42. The van der Waals surface area contributed by atoms with Gasteiger partial charge >= 0.3 is 0 Å². The van der Waals surface area contributed by atoms with Gasteiger partial charge in [-0.05, 0) is 43.9 Å². The number of anilines is 1. The molecule has 1 fully saturated rings. The van der Waals surface area contributed by atoms with Crippen molar-refractivity contribution in [2.75, 3.05) is 11.9 Å². The van der Waals surface area contributed by atoms with E-state index in [0.717, 1.165) is 29.8 Å². The van der Waals surface area contributed by atoms with Crippen molar-refractivity contribution >= 4 is 28.8 Å². The van der Waals surface area contributed by atoms with Crippen molar-refractivity contribution in [2.45, 2.75) is 38.6 Å². The van der Waals surface area contributed by atoms with Crippen molar-refractivity contribution in [1.82, 2.24) is 4.90 Å². The number of hydrogen-bond donors (Lipinski definition) is 1. The Hall–Kier alpha value is -1.48. The molecule has 2 heterocycles. The predicted octanol–water partition coefficient (Wildman–Crippen LogP) is 3.90. The topological polar surface area (TPSA) is 32.3 Å². The number of hydrogen-bond acceptors (Lipinski definition) is 2. The van der Waals surface area contributed by atoms with Crippen molar-refractivity contribution in [3.05, 3.63) is 35.0 Å². The standard InChI is InChI=1S/C16H19ClN2O/c1-2-12-5-3-4-8-19(12)10-14-13-9-11(17)6-7-15(13)18-16(14)20/h6-7,9-10,12H,2-5,8H2,1H3,(H,18,20)/b14-10+. The molecular weight excluding hydrogens is 272 g/mol. The molecule has 1 saturated heterocycles. The number of carbonyl (C=O) groups is 1. The number of benzene rings is 1. The summed E-state index contributed by atoms with van der Waals surface area (Å²) in [6.45, 7) is 3.24. The first kappa shape index (κ1) is 13.5. The summed E-state index contributed by atoms with van der Waals surface area (Å²) in [5, 5.41) is 3.57. The Kier molecular flexibility index (Phi) is 3.70. The van der Waals surface area contributed by atoms with Gasteiger partial charge in [-0.25, -0.2) is 0 Å². The van der Waals surface area contributed by atoms with Crippen molar-refractivity contribution in [1.29, 1.82) is 0 Å². The summed E-state index contributed by atoms with van der Waals surface area (Å²) < 4.78 is 0. The van der Waals surface area contributed by atoms with Crippen molar-refractivity contribution in [3.8, 4) is 0 Å². The highest BCUT2D eigenvalue weighted by molar-refractivity contribution is 6.34. The molecule has 0 saturated carbocycles. The van der Waals surface area contributed by atoms with Crippen LogP contribution in [0.3, 0.4) is 0 Å². The average molecular weight is 291 g/mol. The molecule has 1 aromatic carbocycles. The van der Waals surface area contributed by atoms with E-state index in [1.165, 1.54) is 19.3 Å². The fraction of sp³-hybridized carbons (Fsp3) is 0.438. The van der Waals surface area contributed by atoms with Crippen molar-refractivity contribution < 1.29 is 4.79 Å². The third-order valence-corrected chi connectivity index (χ3v) is 4.44. The van der Waals surface area contributed by atoms with Gasteiger partial charge in [0.15, 0.2) is 0 Å². The number of rotatable bonds is 2. The lowest BCUT2D eigenvalue weighted by atomic mass is 9.99. The molecule has 4 heteroatoms. The van der Waals surface area contributed by atoms with E-state index in [-0.39, 0.29) is 5.91 Å². The lowest BCUT2D eigenvalue weighted by molar-refractivity contribution is -0.110. The molecule has 0 aliphatic carbocycles. The molecule has 1 atom stereocenters. The van der Waals surface area contributed by atoms with Gasteiger partial charge in [-0.1, -0.05) is 18.5 Å². The molecule has 3 nitrogen and oxygen atoms in total. The maximum Gasteiger partial charge on any atom is 0.257 e. The SMILES string of the molecule is CCC1CCCCN1/C=C1/C(=O)Nc2ccc(Cl)cc21. The maximum atomic E-state index is 12.2. The van der Waals surface area contributed by atoms with E-state index in [4.69, 9.17) is 11.6 Å². The number of fused-ring (bicyclic) bond motifs is 1. The second kappa shape index (κ2) is 5.49. The van der Waals surface area contributed by atoms with Crippen LogP contribution in [0.15, 0.2) is 24.4 Å². The van der Waals surface area contributed by atoms with Crippen molar-refractivity contribution in [3.63, 3.8) is 0 Å². The van der Waals surface area contributed by atoms with E-state index in [0.29, 0.717) is 11.1 Å². The van der Waals surface area contributed by atoms with Gasteiger partial charge in [0.05, 0.1) is 5.57 Å².